The summed E-state index contributed by atoms with van der Waals surface area (Å²) in [5.41, 5.74) is -1.97. The highest BCUT2D eigenvalue weighted by Crippen LogP contribution is 2.33. The second-order valence-electron chi connectivity index (χ2n) is 4.17. The van der Waals surface area contributed by atoms with Crippen LogP contribution in [0.2, 0.25) is 0 Å². The number of carbonyl (C=O) groups is 1. The van der Waals surface area contributed by atoms with Gasteiger partial charge in [0.05, 0.1) is 12.2 Å². The molecule has 0 aliphatic heterocycles. The molecule has 0 spiro atoms. The molecular weight excluding hydrogens is 187 g/mol. The van der Waals surface area contributed by atoms with E-state index in [-0.39, 0.29) is 18.9 Å². The third kappa shape index (κ3) is 2.67. The molecule has 1 rings (SSSR count). The van der Waals surface area contributed by atoms with E-state index in [0.29, 0.717) is 12.8 Å². The number of aliphatic hydroxyl groups is 1. The fourth-order valence-corrected chi connectivity index (χ4v) is 1.70. The number of ether oxygens (including phenoxy) is 1. The van der Waals surface area contributed by atoms with Gasteiger partial charge >= 0.3 is 5.97 Å². The van der Waals surface area contributed by atoms with E-state index in [2.05, 4.69) is 0 Å². The number of aliphatic hydroxyl groups excluding tert-OH is 1. The average molecular weight is 204 g/mol. The van der Waals surface area contributed by atoms with Crippen LogP contribution in [0.5, 0.6) is 0 Å². The van der Waals surface area contributed by atoms with Gasteiger partial charge in [-0.15, -0.1) is 0 Å². The quantitative estimate of drug-likeness (QED) is 0.695. The van der Waals surface area contributed by atoms with E-state index >= 15 is 0 Å². The Hall–Kier alpha value is -0.640. The first-order valence-corrected chi connectivity index (χ1v) is 5.02. The summed E-state index contributed by atoms with van der Waals surface area (Å²) in [6.45, 7) is 3.36. The Morgan fingerprint density at radius 3 is 2.79 bits per heavy atom. The van der Waals surface area contributed by atoms with Gasteiger partial charge in [-0.3, -0.25) is 0 Å². The SMILES string of the molecule is CC(C)OC(=O)C1(F)CCCC(O)C1. The minimum Gasteiger partial charge on any atom is -0.461 e. The third-order valence-electron chi connectivity index (χ3n) is 2.38. The fourth-order valence-electron chi connectivity index (χ4n) is 1.70. The summed E-state index contributed by atoms with van der Waals surface area (Å²) in [4.78, 5) is 11.4. The first-order valence-electron chi connectivity index (χ1n) is 5.02. The molecular formula is C10H17FO3. The van der Waals surface area contributed by atoms with Crippen LogP contribution in [0, 0.1) is 0 Å². The molecule has 2 atom stereocenters. The van der Waals surface area contributed by atoms with Gasteiger partial charge in [0.15, 0.2) is 0 Å². The molecule has 1 N–H and O–H groups in total. The van der Waals surface area contributed by atoms with Crippen molar-refractivity contribution in [2.24, 2.45) is 0 Å². The van der Waals surface area contributed by atoms with Crippen LogP contribution in [-0.4, -0.2) is 29.0 Å². The van der Waals surface area contributed by atoms with Crippen LogP contribution >= 0.6 is 0 Å². The maximum Gasteiger partial charge on any atom is 0.344 e. The van der Waals surface area contributed by atoms with Crippen LogP contribution in [0.3, 0.4) is 0 Å². The molecule has 1 saturated carbocycles. The predicted octanol–water partition coefficient (Wildman–Crippen LogP) is 1.58. The number of alkyl halides is 1. The van der Waals surface area contributed by atoms with E-state index in [9.17, 15) is 14.3 Å². The molecule has 4 heteroatoms. The summed E-state index contributed by atoms with van der Waals surface area (Å²) >= 11 is 0. The van der Waals surface area contributed by atoms with Crippen LogP contribution in [0.25, 0.3) is 0 Å². The highest BCUT2D eigenvalue weighted by Gasteiger charge is 2.44. The zero-order chi connectivity index (χ0) is 10.8. The van der Waals surface area contributed by atoms with Gasteiger partial charge < -0.3 is 9.84 Å². The molecule has 0 bridgehead atoms. The van der Waals surface area contributed by atoms with Gasteiger partial charge in [-0.1, -0.05) is 0 Å². The minimum absolute atomic E-state index is 0.126. The summed E-state index contributed by atoms with van der Waals surface area (Å²) in [6.07, 6.45) is 0.113. The van der Waals surface area contributed by atoms with Crippen molar-refractivity contribution in [2.75, 3.05) is 0 Å². The number of esters is 1. The van der Waals surface area contributed by atoms with Crippen molar-refractivity contribution in [2.45, 2.75) is 57.4 Å². The van der Waals surface area contributed by atoms with Gasteiger partial charge in [0, 0.05) is 6.42 Å². The molecule has 14 heavy (non-hydrogen) atoms. The molecule has 1 fully saturated rings. The van der Waals surface area contributed by atoms with Crippen LogP contribution in [0.15, 0.2) is 0 Å². The molecule has 82 valence electrons. The summed E-state index contributed by atoms with van der Waals surface area (Å²) in [5, 5.41) is 9.28. The Morgan fingerprint density at radius 1 is 1.64 bits per heavy atom. The van der Waals surface area contributed by atoms with E-state index in [4.69, 9.17) is 4.74 Å². The highest BCUT2D eigenvalue weighted by atomic mass is 19.1. The molecule has 0 radical (unpaired) electrons. The first kappa shape index (κ1) is 11.4. The van der Waals surface area contributed by atoms with Gasteiger partial charge in [0.25, 0.3) is 0 Å². The monoisotopic (exact) mass is 204 g/mol. The molecule has 1 aliphatic rings. The van der Waals surface area contributed by atoms with Crippen LogP contribution in [-0.2, 0) is 9.53 Å². The van der Waals surface area contributed by atoms with Crippen LogP contribution in [0.1, 0.15) is 39.5 Å². The summed E-state index contributed by atoms with van der Waals surface area (Å²) in [6, 6.07) is 0. The largest absolute Gasteiger partial charge is 0.461 e. The van der Waals surface area contributed by atoms with Gasteiger partial charge in [-0.2, -0.15) is 0 Å². The molecule has 0 aromatic rings. The maximum absolute atomic E-state index is 13.9. The Bertz CT molecular complexity index is 217. The van der Waals surface area contributed by atoms with Crippen molar-refractivity contribution < 1.29 is 19.0 Å². The zero-order valence-electron chi connectivity index (χ0n) is 8.62. The van der Waals surface area contributed by atoms with Crippen molar-refractivity contribution in [3.63, 3.8) is 0 Å². The molecule has 3 nitrogen and oxygen atoms in total. The Labute approximate surface area is 83.3 Å². The number of rotatable bonds is 2. The Kier molecular flexibility index (Phi) is 3.48. The van der Waals surface area contributed by atoms with Crippen molar-refractivity contribution in [1.82, 2.24) is 0 Å². The molecule has 1 aliphatic carbocycles. The van der Waals surface area contributed by atoms with E-state index < -0.39 is 17.7 Å². The molecule has 0 aromatic carbocycles. The third-order valence-corrected chi connectivity index (χ3v) is 2.38. The Balaban J connectivity index is 2.59. The number of carbonyl (C=O) groups excluding carboxylic acids is 1. The topological polar surface area (TPSA) is 46.5 Å². The normalized spacial score (nSPS) is 33.1. The average Bonchev–Trinajstić information content (AvgIpc) is 2.02. The van der Waals surface area contributed by atoms with Gasteiger partial charge in [-0.25, -0.2) is 9.18 Å². The standard InChI is InChI=1S/C10H17FO3/c1-7(2)14-9(13)10(11)5-3-4-8(12)6-10/h7-8,12H,3-6H2,1-2H3. The number of halogens is 1. The lowest BCUT2D eigenvalue weighted by Gasteiger charge is -2.30. The lowest BCUT2D eigenvalue weighted by molar-refractivity contribution is -0.166. The summed E-state index contributed by atoms with van der Waals surface area (Å²) in [5.74, 6) is -0.828. The number of hydrogen-bond donors (Lipinski definition) is 1. The fraction of sp³-hybridized carbons (Fsp3) is 0.900. The second-order valence-corrected chi connectivity index (χ2v) is 4.17. The van der Waals surface area contributed by atoms with Crippen molar-refractivity contribution in [3.05, 3.63) is 0 Å². The van der Waals surface area contributed by atoms with Crippen LogP contribution < -0.4 is 0 Å². The van der Waals surface area contributed by atoms with E-state index in [0.717, 1.165) is 0 Å². The molecule has 0 heterocycles. The summed E-state index contributed by atoms with van der Waals surface area (Å²) < 4.78 is 18.8. The molecule has 0 aromatic heterocycles. The van der Waals surface area contributed by atoms with E-state index in [1.807, 2.05) is 0 Å². The Morgan fingerprint density at radius 2 is 2.29 bits per heavy atom. The maximum atomic E-state index is 13.9. The van der Waals surface area contributed by atoms with Crippen molar-refractivity contribution >= 4 is 5.97 Å². The highest BCUT2D eigenvalue weighted by molar-refractivity contribution is 5.79. The predicted molar refractivity (Wildman–Crippen MR) is 49.5 cm³/mol. The van der Waals surface area contributed by atoms with Crippen molar-refractivity contribution in [3.8, 4) is 0 Å². The second kappa shape index (κ2) is 4.26. The molecule has 0 amide bonds. The minimum atomic E-state index is -1.97. The van der Waals surface area contributed by atoms with Gasteiger partial charge in [0.2, 0.25) is 5.67 Å². The number of hydrogen-bond acceptors (Lipinski definition) is 3. The van der Waals surface area contributed by atoms with Crippen LogP contribution in [0.4, 0.5) is 4.39 Å². The van der Waals surface area contributed by atoms with Gasteiger partial charge in [0.1, 0.15) is 0 Å². The molecule has 0 saturated heterocycles. The summed E-state index contributed by atoms with van der Waals surface area (Å²) in [7, 11) is 0. The lowest BCUT2D eigenvalue weighted by atomic mass is 9.84. The molecule has 2 unspecified atom stereocenters. The smallest absolute Gasteiger partial charge is 0.344 e. The lowest BCUT2D eigenvalue weighted by Crippen LogP contribution is -2.42. The van der Waals surface area contributed by atoms with E-state index in [1.165, 1.54) is 0 Å². The first-order chi connectivity index (χ1) is 6.44. The van der Waals surface area contributed by atoms with Gasteiger partial charge in [-0.05, 0) is 33.1 Å². The van der Waals surface area contributed by atoms with E-state index in [1.54, 1.807) is 13.8 Å². The zero-order valence-corrected chi connectivity index (χ0v) is 8.62. The van der Waals surface area contributed by atoms with Crippen molar-refractivity contribution in [1.29, 1.82) is 0 Å².